The van der Waals surface area contributed by atoms with Gasteiger partial charge in [-0.3, -0.25) is 13.9 Å². The van der Waals surface area contributed by atoms with Gasteiger partial charge in [-0.05, 0) is 0 Å². The summed E-state index contributed by atoms with van der Waals surface area (Å²) in [5.41, 5.74) is -1.09. The first kappa shape index (κ1) is 15.7. The molecule has 4 atom stereocenters. The van der Waals surface area contributed by atoms with Crippen LogP contribution in [0.5, 0.6) is 0 Å². The van der Waals surface area contributed by atoms with E-state index in [0.717, 1.165) is 15.6 Å². The van der Waals surface area contributed by atoms with Crippen LogP contribution >= 0.6 is 0 Å². The molecule has 0 aromatic carbocycles. The monoisotopic (exact) mass is 328 g/mol. The molecule has 0 bridgehead atoms. The van der Waals surface area contributed by atoms with E-state index >= 15 is 0 Å². The second-order valence-electron chi connectivity index (χ2n) is 5.26. The Hall–Kier alpha value is -2.21. The summed E-state index contributed by atoms with van der Waals surface area (Å²) in [7, 11) is 2.77. The first-order valence-corrected chi connectivity index (χ1v) is 6.79. The van der Waals surface area contributed by atoms with Gasteiger partial charge in [0.2, 0.25) is 0 Å². The molecule has 0 amide bonds. The number of aliphatic hydroxyl groups excluding tert-OH is 3. The zero-order chi connectivity index (χ0) is 16.9. The summed E-state index contributed by atoms with van der Waals surface area (Å²) >= 11 is 0. The second kappa shape index (κ2) is 5.45. The van der Waals surface area contributed by atoms with Gasteiger partial charge in [0.15, 0.2) is 11.2 Å². The largest absolute Gasteiger partial charge is 0.394 e. The fraction of sp³-hybridized carbons (Fsp3) is 0.583. The minimum Gasteiger partial charge on any atom is -0.394 e. The molecule has 1 aliphatic rings. The van der Waals surface area contributed by atoms with Crippen LogP contribution in [0.4, 0.5) is 0 Å². The fourth-order valence-electron chi connectivity index (χ4n) is 2.47. The molecule has 0 saturated carbocycles. The highest BCUT2D eigenvalue weighted by molar-refractivity contribution is 5.69. The normalized spacial score (nSPS) is 27.7. The Bertz CT molecular complexity index is 853. The van der Waals surface area contributed by atoms with Crippen molar-refractivity contribution in [3.8, 4) is 0 Å². The molecule has 1 aliphatic heterocycles. The predicted molar refractivity (Wildman–Crippen MR) is 74.6 cm³/mol. The van der Waals surface area contributed by atoms with Crippen molar-refractivity contribution in [3.63, 3.8) is 0 Å². The van der Waals surface area contributed by atoms with Crippen molar-refractivity contribution in [2.24, 2.45) is 14.1 Å². The van der Waals surface area contributed by atoms with Gasteiger partial charge in [0.1, 0.15) is 24.6 Å². The zero-order valence-corrected chi connectivity index (χ0v) is 12.4. The van der Waals surface area contributed by atoms with Gasteiger partial charge in [0.05, 0.1) is 6.61 Å². The fourth-order valence-corrected chi connectivity index (χ4v) is 2.47. The molecule has 126 valence electrons. The van der Waals surface area contributed by atoms with Crippen molar-refractivity contribution in [1.82, 2.24) is 18.8 Å². The van der Waals surface area contributed by atoms with Crippen LogP contribution < -0.4 is 16.1 Å². The Morgan fingerprint density at radius 1 is 1.26 bits per heavy atom. The SMILES string of the molecule is Cn1c(=O)c2c(ncn2OC2O[C@H](CO)[C@@H](O)[C@H]2O)n(C)c1=O. The molecule has 23 heavy (non-hydrogen) atoms. The smallest absolute Gasteiger partial charge is 0.332 e. The number of nitrogens with zero attached hydrogens (tertiary/aromatic N) is 4. The van der Waals surface area contributed by atoms with Gasteiger partial charge in [-0.1, -0.05) is 0 Å². The lowest BCUT2D eigenvalue weighted by atomic mass is 10.1. The minimum atomic E-state index is -1.42. The van der Waals surface area contributed by atoms with Gasteiger partial charge >= 0.3 is 5.69 Å². The van der Waals surface area contributed by atoms with Crippen LogP contribution in [-0.4, -0.2) is 65.4 Å². The van der Waals surface area contributed by atoms with E-state index in [1.165, 1.54) is 18.7 Å². The molecule has 2 aromatic rings. The lowest BCUT2D eigenvalue weighted by Crippen LogP contribution is -2.40. The molecule has 3 heterocycles. The van der Waals surface area contributed by atoms with Crippen molar-refractivity contribution in [2.45, 2.75) is 24.6 Å². The summed E-state index contributed by atoms with van der Waals surface area (Å²) in [5, 5.41) is 28.6. The summed E-state index contributed by atoms with van der Waals surface area (Å²) in [4.78, 5) is 33.4. The summed E-state index contributed by atoms with van der Waals surface area (Å²) in [6.45, 7) is -0.501. The Kier molecular flexibility index (Phi) is 3.72. The van der Waals surface area contributed by atoms with Gasteiger partial charge in [-0.15, -0.1) is 0 Å². The highest BCUT2D eigenvalue weighted by Gasteiger charge is 2.44. The van der Waals surface area contributed by atoms with Crippen LogP contribution in [-0.2, 0) is 18.8 Å². The third-order valence-corrected chi connectivity index (χ3v) is 3.83. The Labute approximate surface area is 128 Å². The van der Waals surface area contributed by atoms with Crippen LogP contribution in [0, 0.1) is 0 Å². The van der Waals surface area contributed by atoms with Crippen LogP contribution in [0.25, 0.3) is 11.2 Å². The maximum atomic E-state index is 12.2. The van der Waals surface area contributed by atoms with Gasteiger partial charge in [-0.25, -0.2) is 9.78 Å². The molecule has 11 nitrogen and oxygen atoms in total. The Balaban J connectivity index is 2.03. The standard InChI is InChI=1S/C12H16N4O7/c1-14-9-6(10(20)15(2)12(14)21)16(4-13-9)23-11-8(19)7(18)5(3-17)22-11/h4-5,7-8,11,17-19H,3H2,1-2H3/t5-,7-,8-,11?/m1/s1. The van der Waals surface area contributed by atoms with Crippen LogP contribution in [0.2, 0.25) is 0 Å². The lowest BCUT2D eigenvalue weighted by Gasteiger charge is -2.16. The third kappa shape index (κ3) is 2.25. The molecule has 0 aliphatic carbocycles. The summed E-state index contributed by atoms with van der Waals surface area (Å²) in [6.07, 6.45) is -3.90. The van der Waals surface area contributed by atoms with Crippen LogP contribution in [0.15, 0.2) is 15.9 Å². The number of hydrogen-bond donors (Lipinski definition) is 3. The van der Waals surface area contributed by atoms with Gasteiger partial charge in [0, 0.05) is 14.1 Å². The lowest BCUT2D eigenvalue weighted by molar-refractivity contribution is -0.168. The maximum Gasteiger partial charge on any atom is 0.332 e. The Morgan fingerprint density at radius 3 is 2.57 bits per heavy atom. The molecular weight excluding hydrogens is 312 g/mol. The third-order valence-electron chi connectivity index (χ3n) is 3.83. The average molecular weight is 328 g/mol. The number of aromatic nitrogens is 4. The van der Waals surface area contributed by atoms with E-state index in [2.05, 4.69) is 4.98 Å². The zero-order valence-electron chi connectivity index (χ0n) is 12.4. The topological polar surface area (TPSA) is 141 Å². The van der Waals surface area contributed by atoms with E-state index in [1.807, 2.05) is 0 Å². The van der Waals surface area contributed by atoms with Crippen molar-refractivity contribution >= 4 is 11.2 Å². The van der Waals surface area contributed by atoms with Crippen LogP contribution in [0.1, 0.15) is 0 Å². The number of fused-ring (bicyclic) bond motifs is 1. The van der Waals surface area contributed by atoms with E-state index < -0.39 is 42.5 Å². The van der Waals surface area contributed by atoms with Gasteiger partial charge < -0.3 is 24.9 Å². The van der Waals surface area contributed by atoms with E-state index in [9.17, 15) is 19.8 Å². The molecule has 2 aromatic heterocycles. The number of imidazole rings is 1. The maximum absolute atomic E-state index is 12.2. The molecular formula is C12H16N4O7. The van der Waals surface area contributed by atoms with Crippen molar-refractivity contribution in [1.29, 1.82) is 0 Å². The quantitative estimate of drug-likeness (QED) is 0.523. The van der Waals surface area contributed by atoms with Crippen molar-refractivity contribution in [3.05, 3.63) is 27.2 Å². The molecule has 1 unspecified atom stereocenters. The number of aryl methyl sites for hydroxylation is 1. The number of hydrogen-bond acceptors (Lipinski definition) is 8. The molecule has 0 spiro atoms. The number of ether oxygens (including phenoxy) is 1. The number of rotatable bonds is 3. The van der Waals surface area contributed by atoms with E-state index in [1.54, 1.807) is 0 Å². The van der Waals surface area contributed by atoms with Crippen molar-refractivity contribution in [2.75, 3.05) is 6.61 Å². The first-order valence-electron chi connectivity index (χ1n) is 6.79. The van der Waals surface area contributed by atoms with E-state index in [0.29, 0.717) is 0 Å². The summed E-state index contributed by atoms with van der Waals surface area (Å²) < 4.78 is 8.22. The molecule has 0 radical (unpaired) electrons. The average Bonchev–Trinajstić information content (AvgIpc) is 3.07. The molecule has 11 heteroatoms. The summed E-state index contributed by atoms with van der Waals surface area (Å²) in [5.74, 6) is 0. The van der Waals surface area contributed by atoms with Crippen molar-refractivity contribution < 1.29 is 24.9 Å². The summed E-state index contributed by atoms with van der Waals surface area (Å²) in [6, 6.07) is 0. The van der Waals surface area contributed by atoms with Crippen LogP contribution in [0.3, 0.4) is 0 Å². The predicted octanol–water partition coefficient (Wildman–Crippen LogP) is -3.70. The molecule has 1 fully saturated rings. The second-order valence-corrected chi connectivity index (χ2v) is 5.26. The van der Waals surface area contributed by atoms with Gasteiger partial charge in [0.25, 0.3) is 11.8 Å². The minimum absolute atomic E-state index is 0.0210. The number of aliphatic hydroxyl groups is 3. The molecule has 1 saturated heterocycles. The van der Waals surface area contributed by atoms with E-state index in [-0.39, 0.29) is 11.2 Å². The first-order chi connectivity index (χ1) is 10.9. The van der Waals surface area contributed by atoms with Gasteiger partial charge in [-0.2, -0.15) is 4.73 Å². The Morgan fingerprint density at radius 2 is 1.96 bits per heavy atom. The highest BCUT2D eigenvalue weighted by atomic mass is 16.8. The van der Waals surface area contributed by atoms with E-state index in [4.69, 9.17) is 14.7 Å². The molecule has 3 rings (SSSR count). The highest BCUT2D eigenvalue weighted by Crippen LogP contribution is 2.21. The molecule has 3 N–H and O–H groups in total.